The minimum Gasteiger partial charge on any atom is -0.489 e. The fourth-order valence-electron chi connectivity index (χ4n) is 2.29. The van der Waals surface area contributed by atoms with E-state index in [-0.39, 0.29) is 18.4 Å². The minimum atomic E-state index is -0.728. The highest BCUT2D eigenvalue weighted by Gasteiger charge is 2.28. The van der Waals surface area contributed by atoms with Crippen LogP contribution in [0, 0.1) is 5.92 Å². The van der Waals surface area contributed by atoms with Crippen LogP contribution in [0.1, 0.15) is 25.7 Å². The number of hydrogen-bond donors (Lipinski definition) is 1. The van der Waals surface area contributed by atoms with Crippen molar-refractivity contribution in [1.82, 2.24) is 0 Å². The van der Waals surface area contributed by atoms with E-state index in [1.165, 1.54) is 0 Å². The summed E-state index contributed by atoms with van der Waals surface area (Å²) in [5.41, 5.74) is 0. The molecule has 1 aromatic rings. The Morgan fingerprint density at radius 2 is 2.18 bits per heavy atom. The van der Waals surface area contributed by atoms with Crippen LogP contribution in [0.25, 0.3) is 0 Å². The van der Waals surface area contributed by atoms with Crippen molar-refractivity contribution >= 4 is 17.6 Å². The summed E-state index contributed by atoms with van der Waals surface area (Å²) in [5, 5.41) is 9.34. The molecule has 1 aliphatic rings. The summed E-state index contributed by atoms with van der Waals surface area (Å²) in [6.45, 7) is 0. The van der Waals surface area contributed by atoms with Crippen molar-refractivity contribution < 1.29 is 14.6 Å². The van der Waals surface area contributed by atoms with E-state index in [9.17, 15) is 4.79 Å². The summed E-state index contributed by atoms with van der Waals surface area (Å²) in [4.78, 5) is 10.6. The van der Waals surface area contributed by atoms with E-state index in [2.05, 4.69) is 0 Å². The molecule has 1 aromatic carbocycles. The van der Waals surface area contributed by atoms with Crippen LogP contribution in [0.3, 0.4) is 0 Å². The van der Waals surface area contributed by atoms with Gasteiger partial charge in [0.05, 0.1) is 11.1 Å². The second kappa shape index (κ2) is 5.41. The molecule has 2 rings (SSSR count). The van der Waals surface area contributed by atoms with Crippen LogP contribution in [0.2, 0.25) is 5.02 Å². The number of carboxylic acid groups (broad SMARTS) is 1. The smallest absolute Gasteiger partial charge is 0.303 e. The lowest BCUT2D eigenvalue weighted by molar-refractivity contribution is -0.138. The number of halogens is 1. The molecule has 1 fully saturated rings. The maximum absolute atomic E-state index is 10.6. The Hall–Kier alpha value is -1.22. The van der Waals surface area contributed by atoms with Gasteiger partial charge in [-0.05, 0) is 37.3 Å². The molecule has 1 N–H and O–H groups in total. The van der Waals surface area contributed by atoms with Crippen molar-refractivity contribution in [3.63, 3.8) is 0 Å². The SMILES string of the molecule is O=C(O)CC1CCC(Oc2ccccc2Cl)C1. The van der Waals surface area contributed by atoms with Crippen LogP contribution < -0.4 is 4.74 Å². The number of rotatable bonds is 4. The average Bonchev–Trinajstić information content (AvgIpc) is 2.68. The van der Waals surface area contributed by atoms with Gasteiger partial charge in [-0.15, -0.1) is 0 Å². The van der Waals surface area contributed by atoms with Crippen LogP contribution >= 0.6 is 11.6 Å². The topological polar surface area (TPSA) is 46.5 Å². The van der Waals surface area contributed by atoms with Crippen LogP contribution in [0.4, 0.5) is 0 Å². The molecule has 17 heavy (non-hydrogen) atoms. The molecule has 0 heterocycles. The Morgan fingerprint density at radius 3 is 2.88 bits per heavy atom. The normalized spacial score (nSPS) is 23.6. The number of ether oxygens (including phenoxy) is 1. The van der Waals surface area contributed by atoms with Gasteiger partial charge in [0.15, 0.2) is 0 Å². The fourth-order valence-corrected chi connectivity index (χ4v) is 2.47. The molecule has 0 amide bonds. The van der Waals surface area contributed by atoms with E-state index in [1.54, 1.807) is 6.07 Å². The molecule has 2 atom stereocenters. The van der Waals surface area contributed by atoms with Gasteiger partial charge in [-0.3, -0.25) is 4.79 Å². The third-order valence-corrected chi connectivity index (χ3v) is 3.40. The third kappa shape index (κ3) is 3.37. The Kier molecular flexibility index (Phi) is 3.89. The molecule has 0 aliphatic heterocycles. The van der Waals surface area contributed by atoms with Crippen LogP contribution in [0.15, 0.2) is 24.3 Å². The largest absolute Gasteiger partial charge is 0.489 e. The molecule has 0 spiro atoms. The predicted octanol–water partition coefficient (Wildman–Crippen LogP) is 3.36. The van der Waals surface area contributed by atoms with Crippen molar-refractivity contribution in [2.24, 2.45) is 5.92 Å². The summed E-state index contributed by atoms with van der Waals surface area (Å²) in [7, 11) is 0. The molecule has 4 heteroatoms. The molecule has 2 unspecified atom stereocenters. The molecule has 1 saturated carbocycles. The summed E-state index contributed by atoms with van der Waals surface area (Å²) < 4.78 is 5.79. The van der Waals surface area contributed by atoms with Gasteiger partial charge in [-0.2, -0.15) is 0 Å². The Bertz CT molecular complexity index is 405. The zero-order valence-corrected chi connectivity index (χ0v) is 10.2. The van der Waals surface area contributed by atoms with E-state index >= 15 is 0 Å². The van der Waals surface area contributed by atoms with E-state index in [0.29, 0.717) is 10.8 Å². The fraction of sp³-hybridized carbons (Fsp3) is 0.462. The summed E-state index contributed by atoms with van der Waals surface area (Å²) in [6.07, 6.45) is 2.96. The van der Waals surface area contributed by atoms with Crippen molar-refractivity contribution in [2.45, 2.75) is 31.8 Å². The Morgan fingerprint density at radius 1 is 1.41 bits per heavy atom. The van der Waals surface area contributed by atoms with Gasteiger partial charge in [0.2, 0.25) is 0 Å². The molecule has 1 aliphatic carbocycles. The first-order chi connectivity index (χ1) is 8.15. The van der Waals surface area contributed by atoms with Crippen molar-refractivity contribution in [1.29, 1.82) is 0 Å². The monoisotopic (exact) mass is 254 g/mol. The molecule has 0 saturated heterocycles. The molecular weight excluding hydrogens is 240 g/mol. The second-order valence-corrected chi connectivity index (χ2v) is 4.85. The number of carbonyl (C=O) groups is 1. The zero-order valence-electron chi connectivity index (χ0n) is 9.43. The number of benzene rings is 1. The van der Waals surface area contributed by atoms with Gasteiger partial charge >= 0.3 is 5.97 Å². The Labute approximate surface area is 105 Å². The second-order valence-electron chi connectivity index (χ2n) is 4.45. The van der Waals surface area contributed by atoms with E-state index < -0.39 is 5.97 Å². The molecule has 0 radical (unpaired) electrons. The lowest BCUT2D eigenvalue weighted by Gasteiger charge is -2.14. The highest BCUT2D eigenvalue weighted by atomic mass is 35.5. The van der Waals surface area contributed by atoms with Crippen molar-refractivity contribution in [3.8, 4) is 5.75 Å². The summed E-state index contributed by atoms with van der Waals surface area (Å²) >= 11 is 6.00. The molecular formula is C13H15ClO3. The van der Waals surface area contributed by atoms with Gasteiger partial charge in [-0.1, -0.05) is 23.7 Å². The van der Waals surface area contributed by atoms with Crippen LogP contribution in [-0.2, 0) is 4.79 Å². The van der Waals surface area contributed by atoms with Gasteiger partial charge in [0.1, 0.15) is 5.75 Å². The lowest BCUT2D eigenvalue weighted by atomic mass is 10.0. The molecule has 0 aromatic heterocycles. The first-order valence-corrected chi connectivity index (χ1v) is 6.16. The first kappa shape index (κ1) is 12.2. The van der Waals surface area contributed by atoms with E-state index in [4.69, 9.17) is 21.4 Å². The van der Waals surface area contributed by atoms with Crippen LogP contribution in [0.5, 0.6) is 5.75 Å². The third-order valence-electron chi connectivity index (χ3n) is 3.09. The number of aliphatic carboxylic acids is 1. The molecule has 3 nitrogen and oxygen atoms in total. The van der Waals surface area contributed by atoms with Gasteiger partial charge in [0.25, 0.3) is 0 Å². The van der Waals surface area contributed by atoms with Gasteiger partial charge in [-0.25, -0.2) is 0 Å². The lowest BCUT2D eigenvalue weighted by Crippen LogP contribution is -2.13. The number of para-hydroxylation sites is 1. The van der Waals surface area contributed by atoms with Gasteiger partial charge in [0, 0.05) is 6.42 Å². The standard InChI is InChI=1S/C13H15ClO3/c14-11-3-1-2-4-12(11)17-10-6-5-9(7-10)8-13(15)16/h1-4,9-10H,5-8H2,(H,15,16). The molecule has 0 bridgehead atoms. The van der Waals surface area contributed by atoms with E-state index in [1.807, 2.05) is 18.2 Å². The van der Waals surface area contributed by atoms with Crippen LogP contribution in [-0.4, -0.2) is 17.2 Å². The maximum Gasteiger partial charge on any atom is 0.303 e. The predicted molar refractivity (Wildman–Crippen MR) is 65.5 cm³/mol. The minimum absolute atomic E-state index is 0.0965. The van der Waals surface area contributed by atoms with Crippen molar-refractivity contribution in [2.75, 3.05) is 0 Å². The maximum atomic E-state index is 10.6. The molecule has 92 valence electrons. The summed E-state index contributed by atoms with van der Waals surface area (Å²) in [6, 6.07) is 7.37. The average molecular weight is 255 g/mol. The first-order valence-electron chi connectivity index (χ1n) is 5.78. The Balaban J connectivity index is 1.90. The highest BCUT2D eigenvalue weighted by Crippen LogP contribution is 2.33. The highest BCUT2D eigenvalue weighted by molar-refractivity contribution is 6.32. The number of hydrogen-bond acceptors (Lipinski definition) is 2. The van der Waals surface area contributed by atoms with E-state index in [0.717, 1.165) is 19.3 Å². The zero-order chi connectivity index (χ0) is 12.3. The van der Waals surface area contributed by atoms with Gasteiger partial charge < -0.3 is 9.84 Å². The quantitative estimate of drug-likeness (QED) is 0.896. The number of carboxylic acids is 1. The summed E-state index contributed by atoms with van der Waals surface area (Å²) in [5.74, 6) is 0.198. The van der Waals surface area contributed by atoms with Crippen molar-refractivity contribution in [3.05, 3.63) is 29.3 Å².